The summed E-state index contributed by atoms with van der Waals surface area (Å²) in [5.41, 5.74) is 0.496. The maximum absolute atomic E-state index is 12.3. The van der Waals surface area contributed by atoms with Gasteiger partial charge >= 0.3 is 5.97 Å². The number of hydrogen-bond acceptors (Lipinski definition) is 4. The summed E-state index contributed by atoms with van der Waals surface area (Å²) in [5, 5.41) is 15.2. The number of rotatable bonds is 3. The average Bonchev–Trinajstić information content (AvgIpc) is 2.76. The summed E-state index contributed by atoms with van der Waals surface area (Å²) in [6, 6.07) is 0. The van der Waals surface area contributed by atoms with E-state index in [2.05, 4.69) is 10.2 Å². The molecule has 2 rings (SSSR count). The molecule has 2 N–H and O–H groups in total. The summed E-state index contributed by atoms with van der Waals surface area (Å²) in [7, 11) is -3.55. The minimum Gasteiger partial charge on any atom is -0.481 e. The Kier molecular flexibility index (Phi) is 3.40. The SMILES string of the molecule is Cc1[nH]ncc1S(=O)(=O)N1CCC(C(=O)O)CC1. The first-order valence-corrected chi connectivity index (χ1v) is 7.10. The summed E-state index contributed by atoms with van der Waals surface area (Å²) in [5.74, 6) is -1.30. The lowest BCUT2D eigenvalue weighted by Gasteiger charge is -2.28. The minimum absolute atomic E-state index is 0.163. The largest absolute Gasteiger partial charge is 0.481 e. The van der Waals surface area contributed by atoms with E-state index in [0.29, 0.717) is 18.5 Å². The number of carboxylic acid groups (broad SMARTS) is 1. The number of aromatic nitrogens is 2. The Morgan fingerprint density at radius 1 is 1.50 bits per heavy atom. The van der Waals surface area contributed by atoms with Crippen LogP contribution in [-0.2, 0) is 14.8 Å². The van der Waals surface area contributed by atoms with Crippen molar-refractivity contribution in [1.82, 2.24) is 14.5 Å². The molecule has 18 heavy (non-hydrogen) atoms. The molecular formula is C10H15N3O4S. The molecule has 0 aliphatic carbocycles. The van der Waals surface area contributed by atoms with Crippen molar-refractivity contribution >= 4 is 16.0 Å². The molecule has 0 amide bonds. The van der Waals surface area contributed by atoms with E-state index in [4.69, 9.17) is 5.11 Å². The zero-order chi connectivity index (χ0) is 13.3. The van der Waals surface area contributed by atoms with Crippen LogP contribution in [0, 0.1) is 12.8 Å². The van der Waals surface area contributed by atoms with Gasteiger partial charge in [0.2, 0.25) is 10.0 Å². The van der Waals surface area contributed by atoms with Gasteiger partial charge in [0.25, 0.3) is 0 Å². The zero-order valence-electron chi connectivity index (χ0n) is 9.96. The molecule has 0 spiro atoms. The predicted octanol–water partition coefficient (Wildman–Crippen LogP) is 0.203. The number of sulfonamides is 1. The number of carboxylic acids is 1. The molecule has 100 valence electrons. The van der Waals surface area contributed by atoms with Crippen LogP contribution in [0.4, 0.5) is 0 Å². The van der Waals surface area contributed by atoms with Crippen LogP contribution in [0.2, 0.25) is 0 Å². The van der Waals surface area contributed by atoms with Gasteiger partial charge in [-0.15, -0.1) is 0 Å². The fourth-order valence-corrected chi connectivity index (χ4v) is 3.67. The molecule has 2 heterocycles. The number of aliphatic carboxylic acids is 1. The normalized spacial score (nSPS) is 18.9. The fourth-order valence-electron chi connectivity index (χ4n) is 2.08. The molecule has 8 heteroatoms. The number of nitrogens with zero attached hydrogens (tertiary/aromatic N) is 2. The van der Waals surface area contributed by atoms with Crippen molar-refractivity contribution in [2.45, 2.75) is 24.7 Å². The van der Waals surface area contributed by atoms with E-state index in [-0.39, 0.29) is 18.0 Å². The van der Waals surface area contributed by atoms with Crippen molar-refractivity contribution in [2.24, 2.45) is 5.92 Å². The number of aryl methyl sites for hydroxylation is 1. The Bertz CT molecular complexity index is 543. The van der Waals surface area contributed by atoms with Gasteiger partial charge in [0.15, 0.2) is 0 Å². The quantitative estimate of drug-likeness (QED) is 0.819. The molecule has 1 aromatic rings. The highest BCUT2D eigenvalue weighted by Crippen LogP contribution is 2.24. The second-order valence-corrected chi connectivity index (χ2v) is 6.28. The van der Waals surface area contributed by atoms with Crippen molar-refractivity contribution in [3.05, 3.63) is 11.9 Å². The van der Waals surface area contributed by atoms with Gasteiger partial charge in [-0.2, -0.15) is 9.40 Å². The maximum Gasteiger partial charge on any atom is 0.306 e. The van der Waals surface area contributed by atoms with Crippen LogP contribution < -0.4 is 0 Å². The maximum atomic E-state index is 12.3. The highest BCUT2D eigenvalue weighted by atomic mass is 32.2. The van der Waals surface area contributed by atoms with Gasteiger partial charge in [-0.3, -0.25) is 9.89 Å². The van der Waals surface area contributed by atoms with E-state index in [1.165, 1.54) is 10.5 Å². The van der Waals surface area contributed by atoms with Crippen LogP contribution >= 0.6 is 0 Å². The molecule has 0 aromatic carbocycles. The Morgan fingerprint density at radius 2 is 2.11 bits per heavy atom. The number of aromatic amines is 1. The summed E-state index contributed by atoms with van der Waals surface area (Å²) in [6.07, 6.45) is 1.99. The third-order valence-electron chi connectivity index (χ3n) is 3.20. The molecular weight excluding hydrogens is 258 g/mol. The van der Waals surface area contributed by atoms with Gasteiger partial charge in [0.05, 0.1) is 17.8 Å². The van der Waals surface area contributed by atoms with Gasteiger partial charge in [0.1, 0.15) is 4.90 Å². The van der Waals surface area contributed by atoms with Crippen LogP contribution in [0.25, 0.3) is 0 Å². The second-order valence-electron chi connectivity index (χ2n) is 4.38. The van der Waals surface area contributed by atoms with E-state index in [9.17, 15) is 13.2 Å². The number of nitrogens with one attached hydrogen (secondary N) is 1. The molecule has 0 atom stereocenters. The molecule has 1 saturated heterocycles. The lowest BCUT2D eigenvalue weighted by molar-refractivity contribution is -0.142. The predicted molar refractivity (Wildman–Crippen MR) is 62.4 cm³/mol. The van der Waals surface area contributed by atoms with Crippen LogP contribution in [0.15, 0.2) is 11.1 Å². The van der Waals surface area contributed by atoms with E-state index in [1.54, 1.807) is 6.92 Å². The standard InChI is InChI=1S/C10H15N3O4S/c1-7-9(6-11-12-7)18(16,17)13-4-2-8(3-5-13)10(14)15/h6,8H,2-5H2,1H3,(H,11,12)(H,14,15). The first-order chi connectivity index (χ1) is 8.43. The van der Waals surface area contributed by atoms with Gasteiger partial charge in [0, 0.05) is 13.1 Å². The minimum atomic E-state index is -3.55. The summed E-state index contributed by atoms with van der Waals surface area (Å²) < 4.78 is 25.9. The van der Waals surface area contributed by atoms with Gasteiger partial charge in [-0.25, -0.2) is 8.42 Å². The van der Waals surface area contributed by atoms with Crippen molar-refractivity contribution in [3.8, 4) is 0 Å². The molecule has 1 aliphatic heterocycles. The lowest BCUT2D eigenvalue weighted by Crippen LogP contribution is -2.40. The smallest absolute Gasteiger partial charge is 0.306 e. The summed E-state index contributed by atoms with van der Waals surface area (Å²) in [4.78, 5) is 11.0. The van der Waals surface area contributed by atoms with Gasteiger partial charge in [-0.1, -0.05) is 0 Å². The van der Waals surface area contributed by atoms with Crippen LogP contribution in [-0.4, -0.2) is 47.1 Å². The van der Waals surface area contributed by atoms with Crippen LogP contribution in [0.3, 0.4) is 0 Å². The highest BCUT2D eigenvalue weighted by Gasteiger charge is 2.33. The Hall–Kier alpha value is -1.41. The van der Waals surface area contributed by atoms with Gasteiger partial charge in [-0.05, 0) is 19.8 Å². The third-order valence-corrected chi connectivity index (χ3v) is 5.22. The highest BCUT2D eigenvalue weighted by molar-refractivity contribution is 7.89. The summed E-state index contributed by atoms with van der Waals surface area (Å²) >= 11 is 0. The number of H-pyrrole nitrogens is 1. The number of carbonyl (C=O) groups is 1. The van der Waals surface area contributed by atoms with E-state index in [1.807, 2.05) is 0 Å². The van der Waals surface area contributed by atoms with E-state index < -0.39 is 21.9 Å². The van der Waals surface area contributed by atoms with Crippen molar-refractivity contribution < 1.29 is 18.3 Å². The molecule has 0 unspecified atom stereocenters. The molecule has 0 bridgehead atoms. The molecule has 7 nitrogen and oxygen atoms in total. The zero-order valence-corrected chi connectivity index (χ0v) is 10.8. The third kappa shape index (κ3) is 2.25. The number of hydrogen-bond donors (Lipinski definition) is 2. The lowest BCUT2D eigenvalue weighted by atomic mass is 9.99. The number of piperidine rings is 1. The fraction of sp³-hybridized carbons (Fsp3) is 0.600. The van der Waals surface area contributed by atoms with Crippen LogP contribution in [0.5, 0.6) is 0 Å². The molecule has 1 aromatic heterocycles. The molecule has 0 radical (unpaired) electrons. The molecule has 0 saturated carbocycles. The van der Waals surface area contributed by atoms with Gasteiger partial charge < -0.3 is 5.11 Å². The van der Waals surface area contributed by atoms with Crippen molar-refractivity contribution in [3.63, 3.8) is 0 Å². The Balaban J connectivity index is 2.15. The Morgan fingerprint density at radius 3 is 2.56 bits per heavy atom. The van der Waals surface area contributed by atoms with Crippen molar-refractivity contribution in [2.75, 3.05) is 13.1 Å². The van der Waals surface area contributed by atoms with E-state index in [0.717, 1.165) is 0 Å². The van der Waals surface area contributed by atoms with Crippen LogP contribution in [0.1, 0.15) is 18.5 Å². The average molecular weight is 273 g/mol. The van der Waals surface area contributed by atoms with E-state index >= 15 is 0 Å². The Labute approximate surface area is 105 Å². The second kappa shape index (κ2) is 4.69. The summed E-state index contributed by atoms with van der Waals surface area (Å²) in [6.45, 7) is 2.12. The first kappa shape index (κ1) is 13.0. The topological polar surface area (TPSA) is 103 Å². The van der Waals surface area contributed by atoms with Crippen molar-refractivity contribution in [1.29, 1.82) is 0 Å². The molecule has 1 aliphatic rings. The molecule has 1 fully saturated rings. The first-order valence-electron chi connectivity index (χ1n) is 5.66. The monoisotopic (exact) mass is 273 g/mol.